The minimum Gasteiger partial charge on any atom is -0.439 e. The first-order valence-corrected chi connectivity index (χ1v) is 1.55. The molecule has 5 heteroatoms. The van der Waals surface area contributed by atoms with Crippen molar-refractivity contribution in [3.05, 3.63) is 0 Å². The van der Waals surface area contributed by atoms with Crippen molar-refractivity contribution in [2.75, 3.05) is 0 Å². The molecule has 0 rings (SSSR count). The van der Waals surface area contributed by atoms with Gasteiger partial charge in [0.2, 0.25) is 0 Å². The molecular formula is HLiO3S. The summed E-state index contributed by atoms with van der Waals surface area (Å²) >= 11 is 0. The van der Waals surface area contributed by atoms with E-state index in [0.29, 0.717) is 0 Å². The van der Waals surface area contributed by atoms with Crippen molar-refractivity contribution >= 4 is 11.0 Å². The Morgan fingerprint density at radius 1 is 1.40 bits per heavy atom. The van der Waals surface area contributed by atoms with Crippen LogP contribution in [0, 0.1) is 0 Å². The van der Waals surface area contributed by atoms with E-state index in [4.69, 9.17) is 13.0 Å². The van der Waals surface area contributed by atoms with Crippen LogP contribution in [0.25, 0.3) is 0 Å². The standard InChI is InChI=1S/Li.HO3S/c;1-4(2)3/h;(H,1,2,3)/q+1;-1. The minimum absolute atomic E-state index is 0. The molecule has 1 N–H and O–H groups in total. The maximum absolute atomic E-state index is 8.56. The number of rotatable bonds is 0. The van der Waals surface area contributed by atoms with Crippen LogP contribution in [0.4, 0.5) is 0 Å². The van der Waals surface area contributed by atoms with Gasteiger partial charge in [-0.15, -0.1) is 0 Å². The van der Waals surface area contributed by atoms with Crippen LogP contribution in [0.2, 0.25) is 0 Å². The Hall–Kier alpha value is 0.507. The normalized spacial score (nSPS) is 6.80. The van der Waals surface area contributed by atoms with Crippen LogP contribution in [0.5, 0.6) is 0 Å². The third-order valence-corrected chi connectivity index (χ3v) is 0. The van der Waals surface area contributed by atoms with Gasteiger partial charge in [0.05, 0.1) is 0 Å². The Morgan fingerprint density at radius 3 is 1.40 bits per heavy atom. The molecule has 0 radical (unpaired) electrons. The van der Waals surface area contributed by atoms with Gasteiger partial charge in [0.15, 0.2) is 0 Å². The summed E-state index contributed by atoms with van der Waals surface area (Å²) in [4.78, 5) is 0. The van der Waals surface area contributed by atoms with Gasteiger partial charge >= 0.3 is 18.9 Å². The van der Waals surface area contributed by atoms with Gasteiger partial charge in [-0.1, -0.05) is 0 Å². The quantitative estimate of drug-likeness (QED) is 0.147. The van der Waals surface area contributed by atoms with E-state index in [1.807, 2.05) is 0 Å². The molecule has 0 fully saturated rings. The Morgan fingerprint density at radius 2 is 1.40 bits per heavy atom. The topological polar surface area (TPSA) is 54.4 Å². The summed E-state index contributed by atoms with van der Waals surface area (Å²) < 4.78 is 24.1. The fourth-order valence-electron chi connectivity index (χ4n) is 0. The molecule has 26 valence electrons. The average Bonchev–Trinajstić information content (AvgIpc) is 0.811. The van der Waals surface area contributed by atoms with Gasteiger partial charge in [0.1, 0.15) is 0 Å². The summed E-state index contributed by atoms with van der Waals surface area (Å²) in [6.45, 7) is 0. The van der Waals surface area contributed by atoms with Crippen LogP contribution in [0.3, 0.4) is 0 Å². The van der Waals surface area contributed by atoms with Crippen LogP contribution in [-0.4, -0.2) is 4.55 Å². The minimum atomic E-state index is -2.86. The summed E-state index contributed by atoms with van der Waals surface area (Å²) in [5.41, 5.74) is 0. The second kappa shape index (κ2) is 4.51. The van der Waals surface area contributed by atoms with E-state index in [0.717, 1.165) is 0 Å². The Labute approximate surface area is 43.3 Å². The molecule has 0 spiro atoms. The van der Waals surface area contributed by atoms with Gasteiger partial charge in [-0.05, 0) is 0 Å². The van der Waals surface area contributed by atoms with Gasteiger partial charge in [-0.3, -0.25) is 0 Å². The van der Waals surface area contributed by atoms with Crippen molar-refractivity contribution in [1.29, 1.82) is 0 Å². The van der Waals surface area contributed by atoms with E-state index >= 15 is 0 Å². The van der Waals surface area contributed by atoms with Crippen LogP contribution < -0.4 is 18.9 Å². The molecule has 0 aromatic carbocycles. The predicted octanol–water partition coefficient (Wildman–Crippen LogP) is -3.23. The zero-order valence-corrected chi connectivity index (χ0v) is 3.49. The zero-order valence-electron chi connectivity index (χ0n) is 2.67. The molecule has 0 aromatic rings. The monoisotopic (exact) mass is 88.0 g/mol. The molecule has 0 aromatic heterocycles. The van der Waals surface area contributed by atoms with Crippen LogP contribution in [-0.2, 0) is 19.4 Å². The van der Waals surface area contributed by atoms with Crippen molar-refractivity contribution < 1.29 is 31.8 Å². The molecule has 0 aliphatic carbocycles. The van der Waals surface area contributed by atoms with Gasteiger partial charge < -0.3 is 13.0 Å². The van der Waals surface area contributed by atoms with Crippen molar-refractivity contribution in [1.82, 2.24) is 0 Å². The van der Waals surface area contributed by atoms with Crippen LogP contribution >= 0.6 is 0 Å². The van der Waals surface area contributed by atoms with Gasteiger partial charge in [-0.2, -0.15) is 0 Å². The van der Waals surface area contributed by atoms with Crippen molar-refractivity contribution in [2.24, 2.45) is 0 Å². The molecule has 0 saturated heterocycles. The maximum Gasteiger partial charge on any atom is 1.00 e. The fraction of sp³-hybridized carbons (Fsp3) is 0. The van der Waals surface area contributed by atoms with Crippen molar-refractivity contribution in [2.45, 2.75) is 0 Å². The van der Waals surface area contributed by atoms with Crippen LogP contribution in [0.1, 0.15) is 0 Å². The molecule has 0 bridgehead atoms. The van der Waals surface area contributed by atoms with E-state index in [9.17, 15) is 0 Å². The molecule has 0 aliphatic rings. The van der Waals surface area contributed by atoms with E-state index < -0.39 is 11.0 Å². The molecule has 0 unspecified atom stereocenters. The molecule has 0 saturated carbocycles. The average molecular weight is 88.0 g/mol. The summed E-state index contributed by atoms with van der Waals surface area (Å²) in [5.74, 6) is 0. The molecule has 5 heavy (non-hydrogen) atoms. The van der Waals surface area contributed by atoms with Gasteiger partial charge in [-0.25, -0.2) is 0 Å². The third-order valence-electron chi connectivity index (χ3n) is 0. The van der Waals surface area contributed by atoms with E-state index in [1.54, 1.807) is 0 Å². The fourth-order valence-corrected chi connectivity index (χ4v) is 0. The van der Waals surface area contributed by atoms with Crippen molar-refractivity contribution in [3.8, 4) is 0 Å². The maximum atomic E-state index is 8.56. The summed E-state index contributed by atoms with van der Waals surface area (Å²) in [6, 6.07) is 0. The van der Waals surface area contributed by atoms with E-state index in [1.165, 1.54) is 0 Å². The smallest absolute Gasteiger partial charge is 0.439 e. The molecule has 0 heterocycles. The first-order chi connectivity index (χ1) is 1.73. The molecule has 0 aliphatic heterocycles. The number of hydrogen-bond acceptors (Lipinski definition) is 3. The summed E-state index contributed by atoms with van der Waals surface area (Å²) in [6.07, 6.45) is 0. The Kier molecular flexibility index (Phi) is 8.20. The second-order valence-corrected chi connectivity index (χ2v) is 0.651. The first kappa shape index (κ1) is 9.10. The summed E-state index contributed by atoms with van der Waals surface area (Å²) in [5, 5.41) is 0. The van der Waals surface area contributed by atoms with E-state index in [-0.39, 0.29) is 18.9 Å². The van der Waals surface area contributed by atoms with E-state index in [2.05, 4.69) is 0 Å². The predicted molar refractivity (Wildman–Crippen MR) is 11.4 cm³/mol. The Bertz CT molecular complexity index is 55.3. The molecule has 3 nitrogen and oxygen atoms in total. The molecule has 0 atom stereocenters. The van der Waals surface area contributed by atoms with Gasteiger partial charge in [0, 0.05) is 11.0 Å². The Balaban J connectivity index is 0. The molecule has 0 amide bonds. The first-order valence-electron chi connectivity index (χ1n) is 0.516. The van der Waals surface area contributed by atoms with Gasteiger partial charge in [0.25, 0.3) is 0 Å². The zero-order chi connectivity index (χ0) is 3.58. The SMILES string of the molecule is O=[S-](=O)O.[Li+]. The molecular weight excluding hydrogens is 87.0 g/mol. The van der Waals surface area contributed by atoms with Crippen LogP contribution in [0.15, 0.2) is 0 Å². The third kappa shape index (κ3) is 110. The second-order valence-electron chi connectivity index (χ2n) is 0.217. The largest absolute Gasteiger partial charge is 1.00 e. The summed E-state index contributed by atoms with van der Waals surface area (Å²) in [7, 11) is -2.86. The van der Waals surface area contributed by atoms with Crippen molar-refractivity contribution in [3.63, 3.8) is 0 Å². The number of hydrogen-bond donors (Lipinski definition) is 1.